The fourth-order valence-electron chi connectivity index (χ4n) is 1.12. The SMILES string of the molecule is CCOn1c([N+](=O)[O-])cc(C)c1C#N. The smallest absolute Gasteiger partial charge is 0.358 e. The van der Waals surface area contributed by atoms with Crippen LogP contribution in [0.3, 0.4) is 0 Å². The molecule has 0 aliphatic heterocycles. The van der Waals surface area contributed by atoms with Crippen molar-refractivity contribution in [2.75, 3.05) is 6.61 Å². The fraction of sp³-hybridized carbons (Fsp3) is 0.375. The van der Waals surface area contributed by atoms with Gasteiger partial charge in [-0.1, -0.05) is 0 Å². The first-order chi connectivity index (χ1) is 6.61. The van der Waals surface area contributed by atoms with E-state index in [4.69, 9.17) is 10.1 Å². The minimum Gasteiger partial charge on any atom is -0.358 e. The van der Waals surface area contributed by atoms with Crippen molar-refractivity contribution in [1.82, 2.24) is 4.73 Å². The summed E-state index contributed by atoms with van der Waals surface area (Å²) in [5.41, 5.74) is 0.700. The number of nitrogens with zero attached hydrogens (tertiary/aromatic N) is 3. The van der Waals surface area contributed by atoms with Gasteiger partial charge in [0.2, 0.25) is 0 Å². The predicted octanol–water partition coefficient (Wildman–Crippen LogP) is 1.02. The lowest BCUT2D eigenvalue weighted by molar-refractivity contribution is -0.396. The number of nitriles is 1. The molecule has 0 radical (unpaired) electrons. The highest BCUT2D eigenvalue weighted by molar-refractivity contribution is 5.41. The van der Waals surface area contributed by atoms with Gasteiger partial charge in [0.25, 0.3) is 5.69 Å². The lowest BCUT2D eigenvalue weighted by atomic mass is 10.3. The highest BCUT2D eigenvalue weighted by Crippen LogP contribution is 2.19. The van der Waals surface area contributed by atoms with E-state index in [1.807, 2.05) is 6.07 Å². The topological polar surface area (TPSA) is 81.1 Å². The van der Waals surface area contributed by atoms with Crippen LogP contribution in [0.15, 0.2) is 6.07 Å². The molecule has 0 aliphatic rings. The van der Waals surface area contributed by atoms with Crippen LogP contribution >= 0.6 is 0 Å². The summed E-state index contributed by atoms with van der Waals surface area (Å²) < 4.78 is 0.954. The first kappa shape index (κ1) is 10.1. The molecule has 6 nitrogen and oxygen atoms in total. The number of rotatable bonds is 3. The fourth-order valence-corrected chi connectivity index (χ4v) is 1.12. The molecule has 0 aromatic carbocycles. The van der Waals surface area contributed by atoms with Crippen molar-refractivity contribution < 1.29 is 9.76 Å². The molecule has 1 aromatic rings. The minimum atomic E-state index is -0.580. The quantitative estimate of drug-likeness (QED) is 0.532. The van der Waals surface area contributed by atoms with E-state index in [1.165, 1.54) is 6.07 Å². The van der Waals surface area contributed by atoms with E-state index in [-0.39, 0.29) is 18.1 Å². The summed E-state index contributed by atoms with van der Waals surface area (Å²) in [4.78, 5) is 15.0. The molecule has 0 N–H and O–H groups in total. The standard InChI is InChI=1S/C8H9N3O3/c1-3-14-10-7(5-9)6(2)4-8(10)11(12)13/h4H,3H2,1-2H3. The van der Waals surface area contributed by atoms with Crippen molar-refractivity contribution in [3.05, 3.63) is 27.4 Å². The van der Waals surface area contributed by atoms with E-state index in [0.29, 0.717) is 5.56 Å². The van der Waals surface area contributed by atoms with Crippen LogP contribution < -0.4 is 4.84 Å². The predicted molar refractivity (Wildman–Crippen MR) is 47.7 cm³/mol. The zero-order valence-electron chi connectivity index (χ0n) is 7.85. The molecule has 0 saturated carbocycles. The van der Waals surface area contributed by atoms with Gasteiger partial charge in [0.15, 0.2) is 0 Å². The maximum atomic E-state index is 10.6. The van der Waals surface area contributed by atoms with E-state index in [2.05, 4.69) is 0 Å². The van der Waals surface area contributed by atoms with Gasteiger partial charge in [-0.15, -0.1) is 0 Å². The van der Waals surface area contributed by atoms with Crippen molar-refractivity contribution in [2.45, 2.75) is 13.8 Å². The van der Waals surface area contributed by atoms with Gasteiger partial charge in [0.1, 0.15) is 12.7 Å². The van der Waals surface area contributed by atoms with Crippen molar-refractivity contribution in [2.24, 2.45) is 0 Å². The van der Waals surface area contributed by atoms with Crippen LogP contribution in [0.1, 0.15) is 18.2 Å². The molecule has 0 saturated heterocycles. The monoisotopic (exact) mass is 195 g/mol. The summed E-state index contributed by atoms with van der Waals surface area (Å²) in [6.07, 6.45) is 0. The summed E-state index contributed by atoms with van der Waals surface area (Å²) in [7, 11) is 0. The Hall–Kier alpha value is -2.03. The van der Waals surface area contributed by atoms with Gasteiger partial charge in [0, 0.05) is 11.6 Å². The van der Waals surface area contributed by atoms with Crippen LogP contribution in [0, 0.1) is 28.4 Å². The summed E-state index contributed by atoms with van der Waals surface area (Å²) >= 11 is 0. The maximum Gasteiger partial charge on any atom is 0.363 e. The summed E-state index contributed by atoms with van der Waals surface area (Å²) in [6.45, 7) is 3.59. The normalized spacial score (nSPS) is 9.50. The molecule has 0 aliphatic carbocycles. The van der Waals surface area contributed by atoms with E-state index in [0.717, 1.165) is 4.73 Å². The van der Waals surface area contributed by atoms with Crippen molar-refractivity contribution in [3.63, 3.8) is 0 Å². The third-order valence-corrected chi connectivity index (χ3v) is 1.68. The third-order valence-electron chi connectivity index (χ3n) is 1.68. The number of hydrogen-bond donors (Lipinski definition) is 0. The second-order valence-electron chi connectivity index (χ2n) is 2.62. The first-order valence-electron chi connectivity index (χ1n) is 4.02. The molecule has 1 heterocycles. The van der Waals surface area contributed by atoms with Crippen molar-refractivity contribution in [3.8, 4) is 6.07 Å². The molecule has 1 aromatic heterocycles. The van der Waals surface area contributed by atoms with E-state index >= 15 is 0 Å². The van der Waals surface area contributed by atoms with Crippen LogP contribution in [-0.4, -0.2) is 16.3 Å². The van der Waals surface area contributed by atoms with Gasteiger partial charge >= 0.3 is 5.82 Å². The zero-order chi connectivity index (χ0) is 10.7. The van der Waals surface area contributed by atoms with Gasteiger partial charge < -0.3 is 15.0 Å². The van der Waals surface area contributed by atoms with Crippen LogP contribution in [0.4, 0.5) is 5.82 Å². The Morgan fingerprint density at radius 1 is 1.79 bits per heavy atom. The number of nitro groups is 1. The van der Waals surface area contributed by atoms with Crippen molar-refractivity contribution >= 4 is 5.82 Å². The summed E-state index contributed by atoms with van der Waals surface area (Å²) in [5.74, 6) is -0.221. The van der Waals surface area contributed by atoms with Crippen LogP contribution in [0.25, 0.3) is 0 Å². The van der Waals surface area contributed by atoms with E-state index in [1.54, 1.807) is 13.8 Å². The summed E-state index contributed by atoms with van der Waals surface area (Å²) in [5, 5.41) is 19.3. The van der Waals surface area contributed by atoms with Crippen molar-refractivity contribution in [1.29, 1.82) is 5.26 Å². The molecule has 0 bridgehead atoms. The molecular formula is C8H9N3O3. The van der Waals surface area contributed by atoms with Gasteiger partial charge in [-0.25, -0.2) is 0 Å². The Balaban J connectivity index is 3.31. The van der Waals surface area contributed by atoms with Gasteiger partial charge in [-0.05, 0) is 23.5 Å². The van der Waals surface area contributed by atoms with Gasteiger partial charge in [-0.3, -0.25) is 0 Å². The second-order valence-corrected chi connectivity index (χ2v) is 2.62. The second kappa shape index (κ2) is 3.79. The lowest BCUT2D eigenvalue weighted by Crippen LogP contribution is -2.15. The molecule has 1 rings (SSSR count). The van der Waals surface area contributed by atoms with Gasteiger partial charge in [-0.2, -0.15) is 5.26 Å². The molecule has 74 valence electrons. The van der Waals surface area contributed by atoms with E-state index < -0.39 is 4.92 Å². The molecule has 0 atom stereocenters. The van der Waals surface area contributed by atoms with Gasteiger partial charge in [0.05, 0.1) is 0 Å². The molecular weight excluding hydrogens is 186 g/mol. The Morgan fingerprint density at radius 3 is 2.86 bits per heavy atom. The minimum absolute atomic E-state index is 0.165. The number of hydrogen-bond acceptors (Lipinski definition) is 4. The Bertz CT molecular complexity index is 403. The molecule has 0 fully saturated rings. The largest absolute Gasteiger partial charge is 0.363 e. The average Bonchev–Trinajstić information content (AvgIpc) is 2.43. The Morgan fingerprint density at radius 2 is 2.43 bits per heavy atom. The molecule has 0 amide bonds. The molecule has 0 unspecified atom stereocenters. The lowest BCUT2D eigenvalue weighted by Gasteiger charge is -2.00. The molecule has 14 heavy (non-hydrogen) atoms. The molecule has 0 spiro atoms. The van der Waals surface area contributed by atoms with Crippen LogP contribution in [0.5, 0.6) is 0 Å². The highest BCUT2D eigenvalue weighted by Gasteiger charge is 2.23. The zero-order valence-corrected chi connectivity index (χ0v) is 7.85. The Kier molecular flexibility index (Phi) is 2.72. The van der Waals surface area contributed by atoms with E-state index in [9.17, 15) is 10.1 Å². The summed E-state index contributed by atoms with van der Waals surface area (Å²) in [6, 6.07) is 3.17. The third kappa shape index (κ3) is 1.52. The van der Waals surface area contributed by atoms with Crippen LogP contribution in [0.2, 0.25) is 0 Å². The average molecular weight is 195 g/mol. The number of aryl methyl sites for hydroxylation is 1. The van der Waals surface area contributed by atoms with Crippen LogP contribution in [-0.2, 0) is 0 Å². The molecule has 6 heteroatoms. The number of aromatic nitrogens is 1. The highest BCUT2D eigenvalue weighted by atomic mass is 16.7. The Labute approximate surface area is 80.4 Å². The maximum absolute atomic E-state index is 10.6. The first-order valence-corrected chi connectivity index (χ1v) is 4.02.